The number of carbonyl (C=O) groups is 2. The summed E-state index contributed by atoms with van der Waals surface area (Å²) in [5.41, 5.74) is 3.94. The Bertz CT molecular complexity index is 1580. The molecule has 0 aliphatic carbocycles. The summed E-state index contributed by atoms with van der Waals surface area (Å²) in [6.07, 6.45) is 2.39. The SMILES string of the molecule is Cc1[nH]c2ccccc2c1C(=O)C(=O)Nn1cnc2c(cnn2-c2ccc(F)cc2)c1=O. The average Bonchev–Trinajstić information content (AvgIpc) is 3.36. The van der Waals surface area contributed by atoms with Gasteiger partial charge in [-0.15, -0.1) is 0 Å². The standard InChI is InChI=1S/C22H15FN6O3/c1-12-18(15-4-2-3-5-17(15)26-12)19(30)21(31)27-28-11-24-20-16(22(28)32)10-25-29(20)14-8-6-13(23)7-9-14/h2-11,26H,1H3,(H,27,31). The molecule has 1 amide bonds. The number of amides is 1. The van der Waals surface area contributed by atoms with E-state index in [-0.39, 0.29) is 16.6 Å². The van der Waals surface area contributed by atoms with E-state index in [1.807, 2.05) is 6.07 Å². The second-order valence-corrected chi connectivity index (χ2v) is 7.13. The molecule has 0 saturated heterocycles. The number of hydrogen-bond acceptors (Lipinski definition) is 5. The van der Waals surface area contributed by atoms with Gasteiger partial charge in [0.1, 0.15) is 17.5 Å². The maximum absolute atomic E-state index is 13.2. The van der Waals surface area contributed by atoms with Gasteiger partial charge in [0.05, 0.1) is 17.4 Å². The Kier molecular flexibility index (Phi) is 4.40. The van der Waals surface area contributed by atoms with E-state index in [1.165, 1.54) is 35.1 Å². The lowest BCUT2D eigenvalue weighted by atomic mass is 10.1. The van der Waals surface area contributed by atoms with Crippen LogP contribution in [0.1, 0.15) is 16.1 Å². The fourth-order valence-corrected chi connectivity index (χ4v) is 3.61. The zero-order valence-corrected chi connectivity index (χ0v) is 16.7. The lowest BCUT2D eigenvalue weighted by molar-refractivity contribution is -0.113. The van der Waals surface area contributed by atoms with E-state index in [1.54, 1.807) is 25.1 Å². The normalized spacial score (nSPS) is 11.2. The highest BCUT2D eigenvalue weighted by molar-refractivity contribution is 6.47. The molecule has 0 aliphatic heterocycles. The minimum atomic E-state index is -0.980. The molecule has 32 heavy (non-hydrogen) atoms. The molecule has 5 aromatic rings. The number of nitrogens with zero attached hydrogens (tertiary/aromatic N) is 4. The van der Waals surface area contributed by atoms with E-state index < -0.39 is 23.1 Å². The summed E-state index contributed by atoms with van der Waals surface area (Å²) in [6.45, 7) is 1.70. The van der Waals surface area contributed by atoms with Crippen LogP contribution < -0.4 is 11.0 Å². The number of aromatic amines is 1. The molecular weight excluding hydrogens is 415 g/mol. The van der Waals surface area contributed by atoms with Crippen molar-refractivity contribution >= 4 is 33.6 Å². The number of para-hydroxylation sites is 1. The molecule has 9 nitrogen and oxygen atoms in total. The molecule has 3 aromatic heterocycles. The number of halogens is 1. The molecular formula is C22H15FN6O3. The molecule has 158 valence electrons. The first kappa shape index (κ1) is 19.4. The first-order chi connectivity index (χ1) is 15.4. The zero-order chi connectivity index (χ0) is 22.4. The molecule has 3 heterocycles. The van der Waals surface area contributed by atoms with Crippen LogP contribution in [-0.2, 0) is 4.79 Å². The number of ketones is 1. The van der Waals surface area contributed by atoms with Crippen molar-refractivity contribution in [3.05, 3.63) is 88.5 Å². The van der Waals surface area contributed by atoms with Gasteiger partial charge >= 0.3 is 5.91 Å². The van der Waals surface area contributed by atoms with Crippen LogP contribution >= 0.6 is 0 Å². The Morgan fingerprint density at radius 3 is 2.59 bits per heavy atom. The number of H-pyrrole nitrogens is 1. The van der Waals surface area contributed by atoms with Gasteiger partial charge in [-0.05, 0) is 37.3 Å². The third kappa shape index (κ3) is 3.05. The number of nitrogens with one attached hydrogen (secondary N) is 2. The number of hydrogen-bond donors (Lipinski definition) is 2. The van der Waals surface area contributed by atoms with E-state index in [0.717, 1.165) is 16.5 Å². The van der Waals surface area contributed by atoms with Gasteiger partial charge in [0, 0.05) is 16.6 Å². The van der Waals surface area contributed by atoms with Crippen LogP contribution in [0.15, 0.2) is 65.8 Å². The van der Waals surface area contributed by atoms with Gasteiger partial charge in [-0.25, -0.2) is 18.7 Å². The van der Waals surface area contributed by atoms with Crippen LogP contribution in [0.25, 0.3) is 27.6 Å². The highest BCUT2D eigenvalue weighted by Gasteiger charge is 2.23. The Morgan fingerprint density at radius 1 is 1.06 bits per heavy atom. The number of benzene rings is 2. The summed E-state index contributed by atoms with van der Waals surface area (Å²) in [5, 5.41) is 4.87. The first-order valence-electron chi connectivity index (χ1n) is 9.58. The largest absolute Gasteiger partial charge is 0.358 e. The molecule has 10 heteroatoms. The molecule has 2 aromatic carbocycles. The van der Waals surface area contributed by atoms with Crippen molar-refractivity contribution in [2.75, 3.05) is 5.43 Å². The Balaban J connectivity index is 1.47. The minimum absolute atomic E-state index is 0.118. The van der Waals surface area contributed by atoms with Crippen molar-refractivity contribution in [3.63, 3.8) is 0 Å². The van der Waals surface area contributed by atoms with E-state index >= 15 is 0 Å². The molecule has 0 unspecified atom stereocenters. The maximum Gasteiger partial charge on any atom is 0.311 e. The molecule has 0 saturated carbocycles. The van der Waals surface area contributed by atoms with Crippen molar-refractivity contribution in [2.45, 2.75) is 6.92 Å². The molecule has 0 fully saturated rings. The van der Waals surface area contributed by atoms with Crippen molar-refractivity contribution in [1.82, 2.24) is 24.4 Å². The van der Waals surface area contributed by atoms with Crippen LogP contribution in [0.4, 0.5) is 4.39 Å². The van der Waals surface area contributed by atoms with Crippen molar-refractivity contribution < 1.29 is 14.0 Å². The van der Waals surface area contributed by atoms with Gasteiger partial charge in [0.25, 0.3) is 11.3 Å². The quantitative estimate of drug-likeness (QED) is 0.336. The van der Waals surface area contributed by atoms with Crippen LogP contribution in [0.5, 0.6) is 0 Å². The van der Waals surface area contributed by atoms with Gasteiger partial charge in [0.2, 0.25) is 0 Å². The summed E-state index contributed by atoms with van der Waals surface area (Å²) >= 11 is 0. The predicted molar refractivity (Wildman–Crippen MR) is 115 cm³/mol. The minimum Gasteiger partial charge on any atom is -0.358 e. The van der Waals surface area contributed by atoms with E-state index in [4.69, 9.17) is 0 Å². The molecule has 2 N–H and O–H groups in total. The Labute approximate surface area is 179 Å². The molecule has 5 rings (SSSR count). The average molecular weight is 430 g/mol. The number of aromatic nitrogens is 5. The molecule has 0 aliphatic rings. The summed E-state index contributed by atoms with van der Waals surface area (Å²) in [7, 11) is 0. The third-order valence-electron chi connectivity index (χ3n) is 5.11. The van der Waals surface area contributed by atoms with Crippen LogP contribution in [0.2, 0.25) is 0 Å². The molecule has 0 atom stereocenters. The lowest BCUT2D eigenvalue weighted by Crippen LogP contribution is -2.37. The summed E-state index contributed by atoms with van der Waals surface area (Å²) in [6, 6.07) is 12.7. The van der Waals surface area contributed by atoms with E-state index in [9.17, 15) is 18.8 Å². The Hall–Kier alpha value is -4.60. The topological polar surface area (TPSA) is 115 Å². The van der Waals surface area contributed by atoms with Gasteiger partial charge < -0.3 is 4.98 Å². The summed E-state index contributed by atoms with van der Waals surface area (Å²) < 4.78 is 15.4. The van der Waals surface area contributed by atoms with E-state index in [0.29, 0.717) is 16.8 Å². The maximum atomic E-state index is 13.2. The third-order valence-corrected chi connectivity index (χ3v) is 5.11. The van der Waals surface area contributed by atoms with Gasteiger partial charge in [-0.3, -0.25) is 19.8 Å². The van der Waals surface area contributed by atoms with Crippen molar-refractivity contribution in [2.24, 2.45) is 0 Å². The van der Waals surface area contributed by atoms with Gasteiger partial charge in [0.15, 0.2) is 5.65 Å². The Morgan fingerprint density at radius 2 is 1.81 bits per heavy atom. The molecule has 0 bridgehead atoms. The fraction of sp³-hybridized carbons (Fsp3) is 0.0455. The number of aryl methyl sites for hydroxylation is 1. The van der Waals surface area contributed by atoms with Gasteiger partial charge in [-0.2, -0.15) is 5.10 Å². The highest BCUT2D eigenvalue weighted by Crippen LogP contribution is 2.22. The first-order valence-corrected chi connectivity index (χ1v) is 9.58. The second-order valence-electron chi connectivity index (χ2n) is 7.13. The molecule has 0 spiro atoms. The van der Waals surface area contributed by atoms with Crippen molar-refractivity contribution in [3.8, 4) is 5.69 Å². The van der Waals surface area contributed by atoms with E-state index in [2.05, 4.69) is 20.5 Å². The smallest absolute Gasteiger partial charge is 0.311 e. The number of carbonyl (C=O) groups excluding carboxylic acids is 2. The number of Topliss-reactive ketones (excluding diaryl/α,β-unsaturated/α-hetero) is 1. The molecule has 0 radical (unpaired) electrons. The number of rotatable bonds is 4. The zero-order valence-electron chi connectivity index (χ0n) is 16.7. The van der Waals surface area contributed by atoms with Crippen molar-refractivity contribution in [1.29, 1.82) is 0 Å². The highest BCUT2D eigenvalue weighted by atomic mass is 19.1. The lowest BCUT2D eigenvalue weighted by Gasteiger charge is -2.08. The monoisotopic (exact) mass is 430 g/mol. The number of fused-ring (bicyclic) bond motifs is 2. The summed E-state index contributed by atoms with van der Waals surface area (Å²) in [4.78, 5) is 45.5. The predicted octanol–water partition coefficient (Wildman–Crippen LogP) is 2.46. The van der Waals surface area contributed by atoms with Crippen LogP contribution in [-0.4, -0.2) is 36.1 Å². The van der Waals surface area contributed by atoms with Crippen LogP contribution in [0.3, 0.4) is 0 Å². The summed E-state index contributed by atoms with van der Waals surface area (Å²) in [5.74, 6) is -2.17. The van der Waals surface area contributed by atoms with Crippen LogP contribution in [0, 0.1) is 12.7 Å². The second kappa shape index (κ2) is 7.27. The fourth-order valence-electron chi connectivity index (χ4n) is 3.61. The van der Waals surface area contributed by atoms with Gasteiger partial charge in [-0.1, -0.05) is 18.2 Å².